The second-order valence-electron chi connectivity index (χ2n) is 19.7. The molecule has 0 radical (unpaired) electrons. The van der Waals surface area contributed by atoms with Crippen LogP contribution < -0.4 is 20.7 Å². The van der Waals surface area contributed by atoms with Gasteiger partial charge in [-0.25, -0.2) is 9.46 Å². The maximum absolute atomic E-state index is 13.8. The molecule has 1 saturated heterocycles. The van der Waals surface area contributed by atoms with Crippen LogP contribution in [0.3, 0.4) is 0 Å². The summed E-state index contributed by atoms with van der Waals surface area (Å²) in [5.74, 6) is 1.42. The first-order valence-electron chi connectivity index (χ1n) is 26.3. The number of morpholine rings is 1. The van der Waals surface area contributed by atoms with Crippen molar-refractivity contribution in [3.63, 3.8) is 0 Å². The van der Waals surface area contributed by atoms with Crippen LogP contribution in [-0.2, 0) is 24.1 Å². The number of ether oxygens (including phenoxy) is 4. The molecule has 1 aliphatic rings. The molecule has 2 heterocycles. The molecule has 1 unspecified atom stereocenters. The number of nitrogens with zero attached hydrogens (tertiary/aromatic N) is 4. The van der Waals surface area contributed by atoms with Crippen molar-refractivity contribution in [1.82, 2.24) is 19.1 Å². The minimum atomic E-state index is -1.70. The van der Waals surface area contributed by atoms with Gasteiger partial charge in [0.1, 0.15) is 22.7 Å². The van der Waals surface area contributed by atoms with Gasteiger partial charge in [-0.15, -0.1) is 0 Å². The van der Waals surface area contributed by atoms with E-state index in [0.29, 0.717) is 30.2 Å². The van der Waals surface area contributed by atoms with Crippen LogP contribution in [0, 0.1) is 18.3 Å². The number of hydrogen-bond donors (Lipinski definition) is 1. The molecule has 3 aromatic carbocycles. The van der Waals surface area contributed by atoms with E-state index >= 15 is 0 Å². The third kappa shape index (κ3) is 16.8. The Bertz CT molecular complexity index is 2230. The first kappa shape index (κ1) is 57.5. The van der Waals surface area contributed by atoms with Gasteiger partial charge in [0.25, 0.3) is 14.1 Å². The molecule has 4 aromatic rings. The summed E-state index contributed by atoms with van der Waals surface area (Å²) < 4.78 is 43.5. The molecule has 1 fully saturated rings. The second kappa shape index (κ2) is 30.0. The Morgan fingerprint density at radius 1 is 0.761 bits per heavy atom. The van der Waals surface area contributed by atoms with E-state index in [1.807, 2.05) is 66.7 Å². The molecule has 0 spiro atoms. The summed E-state index contributed by atoms with van der Waals surface area (Å²) in [5, 5.41) is 9.54. The van der Waals surface area contributed by atoms with Crippen LogP contribution in [0.25, 0.3) is 0 Å². The van der Waals surface area contributed by atoms with Gasteiger partial charge in [0.2, 0.25) is 0 Å². The number of unbranched alkanes of at least 4 members (excludes halogenated alkanes) is 13. The van der Waals surface area contributed by atoms with Crippen molar-refractivity contribution in [1.29, 1.82) is 5.26 Å². The molecule has 1 aliphatic heterocycles. The fraction of sp³-hybridized carbons (Fsp3) is 0.596. The van der Waals surface area contributed by atoms with Gasteiger partial charge in [-0.2, -0.15) is 5.26 Å². The number of nitrogens with one attached hydrogen (secondary N) is 1. The first-order chi connectivity index (χ1) is 34.4. The number of aromatic amines is 1. The quantitative estimate of drug-likeness (QED) is 0.0277. The van der Waals surface area contributed by atoms with E-state index in [4.69, 9.17) is 28.0 Å². The summed E-state index contributed by atoms with van der Waals surface area (Å²) in [6.07, 6.45) is 18.7. The first-order valence-corrected chi connectivity index (χ1v) is 27.4. The van der Waals surface area contributed by atoms with E-state index in [0.717, 1.165) is 42.5 Å². The van der Waals surface area contributed by atoms with Crippen molar-refractivity contribution in [2.45, 2.75) is 167 Å². The van der Waals surface area contributed by atoms with Crippen molar-refractivity contribution >= 4 is 8.53 Å². The molecule has 13 nitrogen and oxygen atoms in total. The molecule has 3 atom stereocenters. The standard InChI is InChI=1S/C57H84N5O8P/c1-9-10-11-12-13-14-15-16-17-18-19-20-21-25-38-60-41-53(61-40-47(6)54(63)59-55(61)64)70-56(42-60,44-69-71(68-39-26-37-58)62(45(2)3)46(4)5)43-67-57(48-27-23-22-24-28-48,49-29-33-51(65-7)34-30-49)50-31-35-52(66-8)36-32-50/h22-24,27-36,40,45-46,53H,9-21,25-26,38-39,41-44H2,1-8H3,(H,59,63,64)/t53-,56+,71?/m1/s1. The highest BCUT2D eigenvalue weighted by Crippen LogP contribution is 2.48. The minimum absolute atomic E-state index is 0.00745. The summed E-state index contributed by atoms with van der Waals surface area (Å²) >= 11 is 0. The van der Waals surface area contributed by atoms with Crippen LogP contribution in [0.15, 0.2) is 94.6 Å². The number of aromatic nitrogens is 2. The largest absolute Gasteiger partial charge is 0.497 e. The predicted molar refractivity (Wildman–Crippen MR) is 285 cm³/mol. The monoisotopic (exact) mass is 998 g/mol. The smallest absolute Gasteiger partial charge is 0.330 e. The molecule has 1 N–H and O–H groups in total. The normalized spacial score (nSPS) is 17.0. The van der Waals surface area contributed by atoms with Crippen LogP contribution in [0.2, 0.25) is 0 Å². The van der Waals surface area contributed by atoms with Gasteiger partial charge < -0.3 is 28.0 Å². The number of benzene rings is 3. The summed E-state index contributed by atoms with van der Waals surface area (Å²) in [5.41, 5.74) is -0.384. The SMILES string of the molecule is CCCCCCCCCCCCCCCCN1C[C@H](n2cc(C)c(=O)[nH]c2=O)O[C@](COP(OCCC#N)N(C(C)C)C(C)C)(COC(c2ccccc2)(c2ccc(OC)cc2)c2ccc(OC)cc2)C1. The van der Waals surface area contributed by atoms with E-state index < -0.39 is 37.2 Å². The third-order valence-electron chi connectivity index (χ3n) is 13.4. The zero-order chi connectivity index (χ0) is 51.1. The Morgan fingerprint density at radius 3 is 1.79 bits per heavy atom. The van der Waals surface area contributed by atoms with Gasteiger partial charge >= 0.3 is 5.69 Å². The van der Waals surface area contributed by atoms with Gasteiger partial charge in [0, 0.05) is 36.9 Å². The molecular weight excluding hydrogens is 914 g/mol. The zero-order valence-corrected chi connectivity index (χ0v) is 45.1. The van der Waals surface area contributed by atoms with Crippen LogP contribution in [0.5, 0.6) is 11.5 Å². The van der Waals surface area contributed by atoms with Gasteiger partial charge in [-0.3, -0.25) is 19.2 Å². The van der Waals surface area contributed by atoms with E-state index in [-0.39, 0.29) is 38.3 Å². The zero-order valence-electron chi connectivity index (χ0n) is 44.2. The lowest BCUT2D eigenvalue weighted by Crippen LogP contribution is -2.60. The average molecular weight is 998 g/mol. The summed E-state index contributed by atoms with van der Waals surface area (Å²) in [7, 11) is 1.61. The van der Waals surface area contributed by atoms with Crippen molar-refractivity contribution in [2.24, 2.45) is 0 Å². The van der Waals surface area contributed by atoms with Gasteiger partial charge in [0.15, 0.2) is 6.23 Å². The number of aryl methyl sites for hydroxylation is 1. The number of hydrogen-bond acceptors (Lipinski definition) is 11. The Morgan fingerprint density at radius 2 is 1.28 bits per heavy atom. The molecule has 0 bridgehead atoms. The predicted octanol–water partition coefficient (Wildman–Crippen LogP) is 12.2. The van der Waals surface area contributed by atoms with Crippen LogP contribution in [0.4, 0.5) is 0 Å². The lowest BCUT2D eigenvalue weighted by molar-refractivity contribution is -0.228. The van der Waals surface area contributed by atoms with Gasteiger partial charge in [0.05, 0.1) is 46.5 Å². The van der Waals surface area contributed by atoms with Crippen LogP contribution in [-0.4, -0.2) is 90.5 Å². The number of H-pyrrole nitrogens is 1. The second-order valence-corrected chi connectivity index (χ2v) is 21.1. The fourth-order valence-electron chi connectivity index (χ4n) is 9.70. The summed E-state index contributed by atoms with van der Waals surface area (Å²) in [4.78, 5) is 31.5. The average Bonchev–Trinajstić information content (AvgIpc) is 3.37. The third-order valence-corrected chi connectivity index (χ3v) is 15.5. The molecule has 0 saturated carbocycles. The van der Waals surface area contributed by atoms with Gasteiger partial charge in [-0.05, 0) is 88.5 Å². The fourth-order valence-corrected chi connectivity index (χ4v) is 11.4. The topological polar surface area (TPSA) is 141 Å². The Labute approximate surface area is 426 Å². The van der Waals surface area contributed by atoms with E-state index in [9.17, 15) is 14.9 Å². The summed E-state index contributed by atoms with van der Waals surface area (Å²) in [6.45, 7) is 14.2. The number of methoxy groups -OCH3 is 2. The Balaban J connectivity index is 1.53. The van der Waals surface area contributed by atoms with Crippen molar-refractivity contribution < 1.29 is 28.0 Å². The highest BCUT2D eigenvalue weighted by molar-refractivity contribution is 7.44. The summed E-state index contributed by atoms with van der Waals surface area (Å²) in [6, 6.07) is 28.3. The van der Waals surface area contributed by atoms with Crippen LogP contribution in [0.1, 0.15) is 159 Å². The number of nitriles is 1. The van der Waals surface area contributed by atoms with Gasteiger partial charge in [-0.1, -0.05) is 145 Å². The maximum Gasteiger partial charge on any atom is 0.330 e. The lowest BCUT2D eigenvalue weighted by Gasteiger charge is -2.48. The molecule has 5 rings (SSSR count). The van der Waals surface area contributed by atoms with Crippen LogP contribution >= 0.6 is 8.53 Å². The molecule has 390 valence electrons. The van der Waals surface area contributed by atoms with E-state index in [2.05, 4.69) is 67.4 Å². The van der Waals surface area contributed by atoms with Crippen molar-refractivity contribution in [3.8, 4) is 17.6 Å². The van der Waals surface area contributed by atoms with E-state index in [1.54, 1.807) is 27.3 Å². The van der Waals surface area contributed by atoms with E-state index in [1.165, 1.54) is 75.2 Å². The van der Waals surface area contributed by atoms with Crippen molar-refractivity contribution in [2.75, 3.05) is 53.7 Å². The maximum atomic E-state index is 13.8. The molecule has 14 heteroatoms. The minimum Gasteiger partial charge on any atom is -0.497 e. The Kier molecular flexibility index (Phi) is 24.3. The molecule has 0 aliphatic carbocycles. The highest BCUT2D eigenvalue weighted by atomic mass is 31.2. The lowest BCUT2D eigenvalue weighted by atomic mass is 9.79. The molecule has 1 aromatic heterocycles. The molecule has 71 heavy (non-hydrogen) atoms. The highest BCUT2D eigenvalue weighted by Gasteiger charge is 2.48. The number of rotatable bonds is 33. The molecular formula is C57H84N5O8P. The van der Waals surface area contributed by atoms with Crippen molar-refractivity contribution in [3.05, 3.63) is 128 Å². The Hall–Kier alpha value is -4.38. The molecule has 0 amide bonds.